The Labute approximate surface area is 143 Å². The number of nitrogens with one attached hydrogen (secondary N) is 1. The van der Waals surface area contributed by atoms with Gasteiger partial charge in [0.15, 0.2) is 0 Å². The zero-order valence-corrected chi connectivity index (χ0v) is 14.2. The molecular weight excluding hydrogens is 304 g/mol. The van der Waals surface area contributed by atoms with Crippen LogP contribution in [0.25, 0.3) is 0 Å². The van der Waals surface area contributed by atoms with Crippen LogP contribution in [-0.4, -0.2) is 49.3 Å². The number of methoxy groups -OCH3 is 1. The van der Waals surface area contributed by atoms with Crippen molar-refractivity contribution in [1.29, 1.82) is 0 Å². The number of nitrogens with zero attached hydrogens (tertiary/aromatic N) is 1. The van der Waals surface area contributed by atoms with Crippen molar-refractivity contribution in [1.82, 2.24) is 10.2 Å². The van der Waals surface area contributed by atoms with Gasteiger partial charge in [-0.15, -0.1) is 0 Å². The summed E-state index contributed by atoms with van der Waals surface area (Å²) in [5, 5.41) is 3.27. The molecule has 0 aromatic heterocycles. The Morgan fingerprint density at radius 2 is 2.17 bits per heavy atom. The largest absolute Gasteiger partial charge is 0.497 e. The molecular formula is C19H26N2O3. The molecule has 1 amide bonds. The van der Waals surface area contributed by atoms with Crippen molar-refractivity contribution in [3.05, 3.63) is 29.8 Å². The SMILES string of the molecule is COc1cccc([C@@H]2[C@@H](NC(=O)[C@@H]3CCCO3)CCN2C2CC2)c1. The average Bonchev–Trinajstić information content (AvgIpc) is 3.14. The van der Waals surface area contributed by atoms with Gasteiger partial charge in [0.05, 0.1) is 13.2 Å². The van der Waals surface area contributed by atoms with Gasteiger partial charge in [-0.2, -0.15) is 0 Å². The molecule has 2 aliphatic heterocycles. The lowest BCUT2D eigenvalue weighted by molar-refractivity contribution is -0.131. The topological polar surface area (TPSA) is 50.8 Å². The Kier molecular flexibility index (Phi) is 4.46. The third-order valence-electron chi connectivity index (χ3n) is 5.44. The first-order chi connectivity index (χ1) is 11.8. The van der Waals surface area contributed by atoms with Crippen LogP contribution in [0, 0.1) is 0 Å². The minimum absolute atomic E-state index is 0.0584. The Morgan fingerprint density at radius 1 is 1.29 bits per heavy atom. The number of hydrogen-bond donors (Lipinski definition) is 1. The second-order valence-corrected chi connectivity index (χ2v) is 7.10. The normalized spacial score (nSPS) is 30.5. The molecule has 4 rings (SSSR count). The number of hydrogen-bond acceptors (Lipinski definition) is 4. The maximum atomic E-state index is 12.5. The number of likely N-dealkylation sites (tertiary alicyclic amines) is 1. The van der Waals surface area contributed by atoms with Crippen molar-refractivity contribution < 1.29 is 14.3 Å². The van der Waals surface area contributed by atoms with Gasteiger partial charge < -0.3 is 14.8 Å². The number of rotatable bonds is 5. The zero-order valence-electron chi connectivity index (χ0n) is 14.2. The van der Waals surface area contributed by atoms with Gasteiger partial charge in [0.2, 0.25) is 5.91 Å². The summed E-state index contributed by atoms with van der Waals surface area (Å²) >= 11 is 0. The van der Waals surface area contributed by atoms with E-state index in [1.165, 1.54) is 18.4 Å². The van der Waals surface area contributed by atoms with Crippen LogP contribution in [0.4, 0.5) is 0 Å². The predicted molar refractivity (Wildman–Crippen MR) is 91.0 cm³/mol. The van der Waals surface area contributed by atoms with Crippen molar-refractivity contribution in [2.45, 2.75) is 56.3 Å². The summed E-state index contributed by atoms with van der Waals surface area (Å²) in [6.45, 7) is 1.75. The molecule has 24 heavy (non-hydrogen) atoms. The zero-order chi connectivity index (χ0) is 16.5. The molecule has 5 heteroatoms. The van der Waals surface area contributed by atoms with Gasteiger partial charge in [-0.25, -0.2) is 0 Å². The highest BCUT2D eigenvalue weighted by atomic mass is 16.5. The summed E-state index contributed by atoms with van der Waals surface area (Å²) in [5.74, 6) is 0.933. The van der Waals surface area contributed by atoms with Crippen molar-refractivity contribution in [3.8, 4) is 5.75 Å². The number of carbonyl (C=O) groups excluding carboxylic acids is 1. The fourth-order valence-corrected chi connectivity index (χ4v) is 4.09. The van der Waals surface area contributed by atoms with Gasteiger partial charge in [-0.1, -0.05) is 12.1 Å². The van der Waals surface area contributed by atoms with Crippen molar-refractivity contribution in [2.75, 3.05) is 20.3 Å². The Balaban J connectivity index is 1.54. The molecule has 1 aromatic rings. The van der Waals surface area contributed by atoms with Gasteiger partial charge in [0.25, 0.3) is 0 Å². The molecule has 1 N–H and O–H groups in total. The Bertz CT molecular complexity index is 596. The van der Waals surface area contributed by atoms with Crippen LogP contribution in [-0.2, 0) is 9.53 Å². The van der Waals surface area contributed by atoms with Crippen molar-refractivity contribution >= 4 is 5.91 Å². The molecule has 0 bridgehead atoms. The van der Waals surface area contributed by atoms with E-state index in [9.17, 15) is 4.79 Å². The first-order valence-corrected chi connectivity index (χ1v) is 9.08. The smallest absolute Gasteiger partial charge is 0.249 e. The fourth-order valence-electron chi connectivity index (χ4n) is 4.09. The molecule has 0 spiro atoms. The van der Waals surface area contributed by atoms with Crippen LogP contribution in [0.5, 0.6) is 5.75 Å². The summed E-state index contributed by atoms with van der Waals surface area (Å²) in [4.78, 5) is 15.1. The lowest BCUT2D eigenvalue weighted by atomic mass is 9.99. The van der Waals surface area contributed by atoms with Gasteiger partial charge in [-0.3, -0.25) is 9.69 Å². The van der Waals surface area contributed by atoms with Crippen LogP contribution >= 0.6 is 0 Å². The lowest BCUT2D eigenvalue weighted by Crippen LogP contribution is -2.44. The predicted octanol–water partition coefficient (Wildman–Crippen LogP) is 2.27. The lowest BCUT2D eigenvalue weighted by Gasteiger charge is -2.30. The third-order valence-corrected chi connectivity index (χ3v) is 5.44. The molecule has 3 aliphatic rings. The van der Waals surface area contributed by atoms with E-state index in [4.69, 9.17) is 9.47 Å². The molecule has 3 atom stereocenters. The molecule has 1 aromatic carbocycles. The van der Waals surface area contributed by atoms with Crippen molar-refractivity contribution in [2.24, 2.45) is 0 Å². The summed E-state index contributed by atoms with van der Waals surface area (Å²) in [6.07, 6.45) is 5.10. The Hall–Kier alpha value is -1.59. The summed E-state index contributed by atoms with van der Waals surface area (Å²) in [5.41, 5.74) is 1.23. The van der Waals surface area contributed by atoms with E-state index in [-0.39, 0.29) is 24.1 Å². The first-order valence-electron chi connectivity index (χ1n) is 9.08. The van der Waals surface area contributed by atoms with Gasteiger partial charge >= 0.3 is 0 Å². The molecule has 1 saturated carbocycles. The molecule has 5 nitrogen and oxygen atoms in total. The molecule has 1 aliphatic carbocycles. The number of ether oxygens (including phenoxy) is 2. The third kappa shape index (κ3) is 3.15. The van der Waals surface area contributed by atoms with Gasteiger partial charge in [-0.05, 0) is 49.8 Å². The minimum atomic E-state index is -0.258. The van der Waals surface area contributed by atoms with Crippen LogP contribution in [0.1, 0.15) is 43.7 Å². The van der Waals surface area contributed by atoms with E-state index in [0.29, 0.717) is 12.6 Å². The van der Waals surface area contributed by atoms with Crippen LogP contribution < -0.4 is 10.1 Å². The van der Waals surface area contributed by atoms with E-state index in [1.807, 2.05) is 12.1 Å². The number of benzene rings is 1. The molecule has 3 fully saturated rings. The maximum Gasteiger partial charge on any atom is 0.249 e. The quantitative estimate of drug-likeness (QED) is 0.900. The van der Waals surface area contributed by atoms with Gasteiger partial charge in [0, 0.05) is 25.2 Å². The monoisotopic (exact) mass is 330 g/mol. The summed E-state index contributed by atoms with van der Waals surface area (Å²) in [7, 11) is 1.70. The van der Waals surface area contributed by atoms with E-state index in [0.717, 1.165) is 31.6 Å². The number of carbonyl (C=O) groups is 1. The van der Waals surface area contributed by atoms with Crippen LogP contribution in [0.2, 0.25) is 0 Å². The molecule has 0 radical (unpaired) electrons. The van der Waals surface area contributed by atoms with E-state index in [1.54, 1.807) is 7.11 Å². The molecule has 130 valence electrons. The second-order valence-electron chi connectivity index (χ2n) is 7.10. The second kappa shape index (κ2) is 6.73. The van der Waals surface area contributed by atoms with E-state index in [2.05, 4.69) is 22.3 Å². The minimum Gasteiger partial charge on any atom is -0.497 e. The molecule has 2 saturated heterocycles. The van der Waals surface area contributed by atoms with E-state index < -0.39 is 0 Å². The highest BCUT2D eigenvalue weighted by molar-refractivity contribution is 5.81. The highest BCUT2D eigenvalue weighted by Crippen LogP contribution is 2.41. The van der Waals surface area contributed by atoms with Gasteiger partial charge in [0.1, 0.15) is 11.9 Å². The highest BCUT2D eigenvalue weighted by Gasteiger charge is 2.43. The van der Waals surface area contributed by atoms with E-state index >= 15 is 0 Å². The maximum absolute atomic E-state index is 12.5. The fraction of sp³-hybridized carbons (Fsp3) is 0.632. The summed E-state index contributed by atoms with van der Waals surface area (Å²) < 4.78 is 10.9. The Morgan fingerprint density at radius 3 is 2.88 bits per heavy atom. The first kappa shape index (κ1) is 15.9. The molecule has 2 heterocycles. The summed E-state index contributed by atoms with van der Waals surface area (Å²) in [6, 6.07) is 9.32. The number of amides is 1. The van der Waals surface area contributed by atoms with Crippen molar-refractivity contribution in [3.63, 3.8) is 0 Å². The molecule has 0 unspecified atom stereocenters. The standard InChI is InChI=1S/C19H26N2O3/c1-23-15-5-2-4-13(12-15)18-16(9-10-21(18)14-7-8-14)20-19(22)17-6-3-11-24-17/h2,4-5,12,14,16-18H,3,6-11H2,1H3,(H,20,22)/t16-,17-,18+/m0/s1. The van der Waals surface area contributed by atoms with Crippen LogP contribution in [0.15, 0.2) is 24.3 Å². The van der Waals surface area contributed by atoms with Crippen LogP contribution in [0.3, 0.4) is 0 Å². The average molecular weight is 330 g/mol.